The Balaban J connectivity index is 1.08. The fourth-order valence-electron chi connectivity index (χ4n) is 8.11. The van der Waals surface area contributed by atoms with E-state index in [-0.39, 0.29) is 12.6 Å². The molecule has 312 valence electrons. The minimum Gasteiger partial charge on any atom is -0.497 e. The molecule has 0 aliphatic carbocycles. The first-order chi connectivity index (χ1) is 29.3. The van der Waals surface area contributed by atoms with E-state index in [4.69, 9.17) is 40.7 Å². The lowest BCUT2D eigenvalue weighted by Crippen LogP contribution is -2.17. The van der Waals surface area contributed by atoms with Crippen molar-refractivity contribution in [1.82, 2.24) is 24.1 Å². The van der Waals surface area contributed by atoms with Crippen molar-refractivity contribution in [3.63, 3.8) is 0 Å². The molecule has 0 N–H and O–H groups in total. The van der Waals surface area contributed by atoms with Crippen LogP contribution in [0.4, 0.5) is 0 Å². The van der Waals surface area contributed by atoms with Crippen LogP contribution in [0.5, 0.6) is 11.5 Å². The molecule has 4 heterocycles. The second-order valence-electron chi connectivity index (χ2n) is 14.8. The van der Waals surface area contributed by atoms with E-state index < -0.39 is 0 Å². The van der Waals surface area contributed by atoms with Gasteiger partial charge >= 0.3 is 5.97 Å². The lowest BCUT2D eigenvalue weighted by Gasteiger charge is -2.17. The first-order valence-corrected chi connectivity index (χ1v) is 23.0. The van der Waals surface area contributed by atoms with Crippen LogP contribution in [0.2, 0.25) is 5.02 Å². The van der Waals surface area contributed by atoms with E-state index in [2.05, 4.69) is 64.7 Å². The number of esters is 1. The van der Waals surface area contributed by atoms with Crippen LogP contribution in [-0.4, -0.2) is 57.0 Å². The van der Waals surface area contributed by atoms with Gasteiger partial charge in [-0.3, -0.25) is 9.36 Å². The Labute approximate surface area is 364 Å². The summed E-state index contributed by atoms with van der Waals surface area (Å²) in [5, 5.41) is 13.6. The molecule has 8 rings (SSSR count). The van der Waals surface area contributed by atoms with E-state index in [1.54, 1.807) is 30.6 Å². The molecule has 0 saturated carbocycles. The SMILES string of the molecule is CCOC(=O)c1c(C)c2c(-c3c(CSCc4cc(CC)n(C)n4)nn4c3COCC4)c(Cl)ccc2n1CCCOc1cc(SCc2ccc(OC)cc2)cc2ccccc12. The zero-order valence-corrected chi connectivity index (χ0v) is 37.1. The first kappa shape index (κ1) is 41.8. The van der Waals surface area contributed by atoms with Gasteiger partial charge in [-0.1, -0.05) is 54.9 Å². The van der Waals surface area contributed by atoms with E-state index in [0.717, 1.165) is 89.8 Å². The Hall–Kier alpha value is -4.88. The van der Waals surface area contributed by atoms with Crippen LogP contribution >= 0.6 is 35.1 Å². The van der Waals surface area contributed by atoms with Crippen molar-refractivity contribution >= 4 is 62.8 Å². The van der Waals surface area contributed by atoms with Crippen LogP contribution in [0.3, 0.4) is 0 Å². The molecule has 0 saturated heterocycles. The van der Waals surface area contributed by atoms with Crippen LogP contribution in [0.15, 0.2) is 83.8 Å². The van der Waals surface area contributed by atoms with Crippen molar-refractivity contribution in [1.29, 1.82) is 0 Å². The number of ether oxygens (including phenoxy) is 4. The fraction of sp³-hybridized carbons (Fsp3) is 0.340. The van der Waals surface area contributed by atoms with Crippen molar-refractivity contribution in [2.24, 2.45) is 7.05 Å². The maximum Gasteiger partial charge on any atom is 0.355 e. The van der Waals surface area contributed by atoms with E-state index in [1.165, 1.54) is 11.3 Å². The predicted molar refractivity (Wildman–Crippen MR) is 243 cm³/mol. The minimum atomic E-state index is -0.361. The van der Waals surface area contributed by atoms with Gasteiger partial charge in [0.2, 0.25) is 0 Å². The second kappa shape index (κ2) is 18.8. The molecule has 0 fully saturated rings. The fourth-order valence-corrected chi connectivity index (χ4v) is 10.1. The number of halogens is 1. The van der Waals surface area contributed by atoms with Gasteiger partial charge in [0.15, 0.2) is 0 Å². The molecule has 10 nitrogen and oxygen atoms in total. The molecule has 0 amide bonds. The van der Waals surface area contributed by atoms with Gasteiger partial charge in [0.25, 0.3) is 0 Å². The van der Waals surface area contributed by atoms with Gasteiger partial charge in [-0.25, -0.2) is 4.79 Å². The molecule has 4 aromatic carbocycles. The molecule has 0 spiro atoms. The normalized spacial score (nSPS) is 12.6. The monoisotopic (exact) mass is 863 g/mol. The van der Waals surface area contributed by atoms with Crippen molar-refractivity contribution in [3.05, 3.63) is 123 Å². The van der Waals surface area contributed by atoms with Crippen LogP contribution in [0.1, 0.15) is 64.7 Å². The number of hydrogen-bond acceptors (Lipinski definition) is 9. The smallest absolute Gasteiger partial charge is 0.355 e. The standard InChI is InChI=1S/C47H50ClN5O5S2/c1-6-34-24-33(49-51(34)4)28-59-29-39-45(41-26-56-22-20-53(41)50-39)44-38(48)17-18-40-43(44)30(3)46(47(54)57-7-2)52(40)19-10-21-58-42-25-36(23-32-11-8-9-12-37(32)42)60-27-31-13-15-35(55-5)16-14-31/h8-9,11-18,23-25H,6-7,10,19-22,26-29H2,1-5H3. The number of thioether (sulfide) groups is 2. The summed E-state index contributed by atoms with van der Waals surface area (Å²) in [6.45, 7) is 8.91. The van der Waals surface area contributed by atoms with Crippen LogP contribution in [0, 0.1) is 6.92 Å². The number of carbonyl (C=O) groups is 1. The van der Waals surface area contributed by atoms with Crippen LogP contribution in [0.25, 0.3) is 32.8 Å². The number of aryl methyl sites for hydroxylation is 4. The number of carbonyl (C=O) groups excluding carboxylic acids is 1. The molecule has 7 aromatic rings. The second-order valence-corrected chi connectivity index (χ2v) is 17.2. The third-order valence-corrected chi connectivity index (χ3v) is 13.3. The summed E-state index contributed by atoms with van der Waals surface area (Å²) in [5.41, 5.74) is 9.51. The van der Waals surface area contributed by atoms with Gasteiger partial charge in [0.1, 0.15) is 17.2 Å². The largest absolute Gasteiger partial charge is 0.497 e. The molecular weight excluding hydrogens is 814 g/mol. The van der Waals surface area contributed by atoms with Crippen molar-refractivity contribution in [3.8, 4) is 22.6 Å². The van der Waals surface area contributed by atoms with Gasteiger partial charge < -0.3 is 23.5 Å². The Morgan fingerprint density at radius 1 is 0.967 bits per heavy atom. The average Bonchev–Trinajstić information content (AvgIpc) is 3.91. The highest BCUT2D eigenvalue weighted by Crippen LogP contribution is 2.44. The van der Waals surface area contributed by atoms with Crippen LogP contribution < -0.4 is 9.47 Å². The average molecular weight is 865 g/mol. The predicted octanol–water partition coefficient (Wildman–Crippen LogP) is 10.8. The molecule has 0 radical (unpaired) electrons. The van der Waals surface area contributed by atoms with Crippen LogP contribution in [-0.2, 0) is 59.9 Å². The summed E-state index contributed by atoms with van der Waals surface area (Å²) < 4.78 is 29.7. The van der Waals surface area contributed by atoms with Gasteiger partial charge in [-0.2, -0.15) is 10.2 Å². The minimum absolute atomic E-state index is 0.266. The Kier molecular flexibility index (Phi) is 13.1. The lowest BCUT2D eigenvalue weighted by atomic mass is 9.96. The number of rotatable bonds is 17. The highest BCUT2D eigenvalue weighted by atomic mass is 35.5. The third kappa shape index (κ3) is 8.66. The number of benzene rings is 4. The summed E-state index contributed by atoms with van der Waals surface area (Å²) >= 11 is 10.8. The Morgan fingerprint density at radius 2 is 1.80 bits per heavy atom. The molecule has 0 unspecified atom stereocenters. The molecule has 60 heavy (non-hydrogen) atoms. The summed E-state index contributed by atoms with van der Waals surface area (Å²) in [5.74, 6) is 3.58. The number of methoxy groups -OCH3 is 1. The summed E-state index contributed by atoms with van der Waals surface area (Å²) in [6, 6.07) is 27.0. The third-order valence-electron chi connectivity index (χ3n) is 11.0. The van der Waals surface area contributed by atoms with Gasteiger partial charge in [0.05, 0.1) is 57.2 Å². The maximum absolute atomic E-state index is 13.8. The van der Waals surface area contributed by atoms with Crippen molar-refractivity contribution in [2.45, 2.75) is 75.5 Å². The van der Waals surface area contributed by atoms with E-state index in [0.29, 0.717) is 55.8 Å². The quantitative estimate of drug-likeness (QED) is 0.0504. The number of fused-ring (bicyclic) bond motifs is 3. The molecule has 13 heteroatoms. The lowest BCUT2D eigenvalue weighted by molar-refractivity contribution is 0.0513. The first-order valence-electron chi connectivity index (χ1n) is 20.4. The topological polar surface area (TPSA) is 94.6 Å². The number of aromatic nitrogens is 5. The summed E-state index contributed by atoms with van der Waals surface area (Å²) in [7, 11) is 3.68. The van der Waals surface area contributed by atoms with E-state index in [9.17, 15) is 4.79 Å². The van der Waals surface area contributed by atoms with E-state index in [1.807, 2.05) is 55.9 Å². The van der Waals surface area contributed by atoms with Gasteiger partial charge in [-0.15, -0.1) is 23.5 Å². The number of nitrogens with zero attached hydrogens (tertiary/aromatic N) is 5. The molecule has 0 atom stereocenters. The molecule has 3 aromatic heterocycles. The van der Waals surface area contributed by atoms with Crippen molar-refractivity contribution in [2.75, 3.05) is 26.9 Å². The zero-order chi connectivity index (χ0) is 41.8. The van der Waals surface area contributed by atoms with Gasteiger partial charge in [0, 0.05) is 73.9 Å². The zero-order valence-electron chi connectivity index (χ0n) is 34.8. The molecule has 1 aliphatic heterocycles. The van der Waals surface area contributed by atoms with Crippen molar-refractivity contribution < 1.29 is 23.7 Å². The van der Waals surface area contributed by atoms with Gasteiger partial charge in [-0.05, 0) is 85.7 Å². The summed E-state index contributed by atoms with van der Waals surface area (Å²) in [4.78, 5) is 15.0. The Morgan fingerprint density at radius 3 is 2.58 bits per heavy atom. The maximum atomic E-state index is 13.8. The van der Waals surface area contributed by atoms with E-state index >= 15 is 0 Å². The molecule has 0 bridgehead atoms. The summed E-state index contributed by atoms with van der Waals surface area (Å²) in [6.07, 6.45) is 1.59. The highest BCUT2D eigenvalue weighted by Gasteiger charge is 2.30. The number of hydrogen-bond donors (Lipinski definition) is 0. The Bertz CT molecular complexity index is 2650. The molecule has 1 aliphatic rings. The molecular formula is C47H50ClN5O5S2. The highest BCUT2D eigenvalue weighted by molar-refractivity contribution is 7.98.